The van der Waals surface area contributed by atoms with E-state index in [1.165, 1.54) is 49.5 Å². The van der Waals surface area contributed by atoms with Crippen LogP contribution in [0, 0.1) is 0 Å². The monoisotopic (exact) mass is 1480 g/mol. The molecule has 0 saturated heterocycles. The highest BCUT2D eigenvalue weighted by atomic mass is 32.2. The molecule has 0 heterocycles. The first-order valence-electron chi connectivity index (χ1n) is 30.8. The number of nitrogens with zero attached hydrogens (tertiary/aromatic N) is 6. The SMILES string of the molecule is C.CC(=O)Oc1ccc(COP(=O)(C=CSC[C@H](NC(=O)c2ccc(N=Nc3ccc(N(C)C)cc3)cc2)C(C)=O)Nc2ccc(C(=O)NCCNc3cccc4c(S(=O)(=O)O)cccc34)cc2)cc1.CC(=O)[C@H](CSC=CP(=O)(O)O)NC(=O)c1ccc(N=Nc2ccc(N(C)C)cc2)cc1. The molecule has 536 valence electrons. The Morgan fingerprint density at radius 1 is 0.549 bits per heavy atom. The summed E-state index contributed by atoms with van der Waals surface area (Å²) in [7, 11) is -4.72. The van der Waals surface area contributed by atoms with Crippen LogP contribution in [-0.4, -0.2) is 123 Å². The molecule has 8 aromatic carbocycles. The van der Waals surface area contributed by atoms with Gasteiger partial charge < -0.3 is 55.2 Å². The third-order valence-corrected chi connectivity index (χ3v) is 19.5. The maximum absolute atomic E-state index is 14.4. The van der Waals surface area contributed by atoms with Crippen LogP contribution in [-0.2, 0) is 44.8 Å². The summed E-state index contributed by atoms with van der Waals surface area (Å²) in [5, 5.41) is 34.9. The maximum atomic E-state index is 14.4. The second-order valence-corrected chi connectivity index (χ2v) is 29.2. The van der Waals surface area contributed by atoms with Crippen molar-refractivity contribution in [2.24, 2.45) is 20.5 Å². The number of nitrogens with one attached hydrogen (secondary N) is 5. The largest absolute Gasteiger partial charge is 0.427 e. The number of azo groups is 2. The number of ketones is 2. The molecule has 0 aliphatic heterocycles. The molecular formula is C71H79N11O15P2S3. The van der Waals surface area contributed by atoms with Crippen molar-refractivity contribution in [2.75, 3.05) is 73.0 Å². The lowest BCUT2D eigenvalue weighted by Crippen LogP contribution is -2.41. The Morgan fingerprint density at radius 2 is 0.980 bits per heavy atom. The highest BCUT2D eigenvalue weighted by molar-refractivity contribution is 8.02. The zero-order valence-corrected chi connectivity index (χ0v) is 60.1. The number of esters is 1. The fourth-order valence-electron chi connectivity index (χ4n) is 8.89. The Kier molecular flexibility index (Phi) is 30.8. The van der Waals surface area contributed by atoms with Crippen LogP contribution in [0.1, 0.15) is 64.8 Å². The summed E-state index contributed by atoms with van der Waals surface area (Å²) in [4.78, 5) is 95.9. The fourth-order valence-corrected chi connectivity index (χ4v) is 13.9. The van der Waals surface area contributed by atoms with Gasteiger partial charge in [0.1, 0.15) is 10.6 Å². The van der Waals surface area contributed by atoms with Gasteiger partial charge in [0.25, 0.3) is 27.8 Å². The predicted molar refractivity (Wildman–Crippen MR) is 403 cm³/mol. The molecule has 8 N–H and O–H groups in total. The van der Waals surface area contributed by atoms with Crippen LogP contribution in [0.4, 0.5) is 45.5 Å². The number of anilines is 4. The number of hydrogen-bond acceptors (Lipinski definition) is 21. The second-order valence-electron chi connectivity index (χ2n) is 22.5. The van der Waals surface area contributed by atoms with Gasteiger partial charge in [-0.25, -0.2) is 0 Å². The van der Waals surface area contributed by atoms with Crippen molar-refractivity contribution >= 4 is 140 Å². The summed E-state index contributed by atoms with van der Waals surface area (Å²) in [5.74, 6) is 0.390. The molecule has 8 rings (SSSR count). The lowest BCUT2D eigenvalue weighted by Gasteiger charge is -2.18. The van der Waals surface area contributed by atoms with Gasteiger partial charge in [-0.2, -0.15) is 28.9 Å². The van der Waals surface area contributed by atoms with Gasteiger partial charge in [-0.15, -0.1) is 23.5 Å². The third kappa shape index (κ3) is 26.5. The van der Waals surface area contributed by atoms with Crippen LogP contribution in [0.5, 0.6) is 5.75 Å². The minimum atomic E-state index is -4.43. The van der Waals surface area contributed by atoms with Crippen molar-refractivity contribution in [1.29, 1.82) is 0 Å². The van der Waals surface area contributed by atoms with E-state index in [1.54, 1.807) is 121 Å². The maximum Gasteiger partial charge on any atom is 0.349 e. The Balaban J connectivity index is 0.000000415. The van der Waals surface area contributed by atoms with Gasteiger partial charge in [0.2, 0.25) is 0 Å². The smallest absolute Gasteiger partial charge is 0.349 e. The van der Waals surface area contributed by atoms with E-state index in [-0.39, 0.29) is 54.5 Å². The number of ether oxygens (including phenoxy) is 1. The van der Waals surface area contributed by atoms with Gasteiger partial charge >= 0.3 is 21.1 Å². The van der Waals surface area contributed by atoms with E-state index in [2.05, 4.69) is 46.8 Å². The number of thioether (sulfide) groups is 2. The lowest BCUT2D eigenvalue weighted by molar-refractivity contribution is -0.132. The second kappa shape index (κ2) is 38.8. The Morgan fingerprint density at radius 3 is 1.42 bits per heavy atom. The first kappa shape index (κ1) is 81.0. The van der Waals surface area contributed by atoms with E-state index in [4.69, 9.17) is 19.0 Å². The number of hydrogen-bond donors (Lipinski definition) is 8. The summed E-state index contributed by atoms with van der Waals surface area (Å²) < 4.78 is 69.6. The first-order chi connectivity index (χ1) is 48.0. The van der Waals surface area contributed by atoms with Crippen molar-refractivity contribution in [3.05, 3.63) is 227 Å². The average Bonchev–Trinajstić information content (AvgIpc) is 0.786. The van der Waals surface area contributed by atoms with Crippen molar-refractivity contribution in [2.45, 2.75) is 51.8 Å². The quantitative estimate of drug-likeness (QED) is 0.00485. The number of Topliss-reactive ketones (excluding diaryl/α,β-unsaturated/α-hetero) is 2. The molecule has 0 bridgehead atoms. The first-order valence-corrected chi connectivity index (χ1v) is 37.7. The van der Waals surface area contributed by atoms with Crippen LogP contribution in [0.2, 0.25) is 0 Å². The molecule has 3 amide bonds. The van der Waals surface area contributed by atoms with Crippen LogP contribution in [0.15, 0.2) is 230 Å². The van der Waals surface area contributed by atoms with Crippen LogP contribution < -0.4 is 40.9 Å². The van der Waals surface area contributed by atoms with E-state index in [0.717, 1.165) is 40.7 Å². The molecule has 31 heteroatoms. The summed E-state index contributed by atoms with van der Waals surface area (Å²) in [6.45, 7) is 4.40. The van der Waals surface area contributed by atoms with E-state index in [1.807, 2.05) is 86.5 Å². The molecule has 8 aromatic rings. The number of carbonyl (C=O) groups excluding carboxylic acids is 6. The number of fused-ring (bicyclic) bond motifs is 1. The van der Waals surface area contributed by atoms with Gasteiger partial charge in [-0.1, -0.05) is 43.8 Å². The summed E-state index contributed by atoms with van der Waals surface area (Å²) >= 11 is 2.16. The van der Waals surface area contributed by atoms with Gasteiger partial charge in [0.15, 0.2) is 11.6 Å². The summed E-state index contributed by atoms with van der Waals surface area (Å²) in [5.41, 5.74) is 7.17. The Hall–Kier alpha value is -9.93. The topological polar surface area (TPSA) is 366 Å². The molecule has 0 aliphatic rings. The molecule has 0 spiro atoms. The highest BCUT2D eigenvalue weighted by Gasteiger charge is 2.24. The number of carbonyl (C=O) groups is 6. The zero-order valence-electron chi connectivity index (χ0n) is 55.9. The molecule has 102 heavy (non-hydrogen) atoms. The Labute approximate surface area is 600 Å². The van der Waals surface area contributed by atoms with Gasteiger partial charge in [-0.05, 0) is 176 Å². The zero-order chi connectivity index (χ0) is 73.3. The predicted octanol–water partition coefficient (Wildman–Crippen LogP) is 14.6. The van der Waals surface area contributed by atoms with E-state index >= 15 is 0 Å². The Bertz CT molecular complexity index is 4550. The van der Waals surface area contributed by atoms with Crippen molar-refractivity contribution in [1.82, 2.24) is 16.0 Å². The minimum Gasteiger partial charge on any atom is -0.427 e. The fraction of sp³-hybridized carbons (Fsp3) is 0.211. The van der Waals surface area contributed by atoms with E-state index in [9.17, 15) is 50.9 Å². The molecule has 3 atom stereocenters. The minimum absolute atomic E-state index is 0. The third-order valence-electron chi connectivity index (χ3n) is 14.3. The van der Waals surface area contributed by atoms with Crippen LogP contribution in [0.25, 0.3) is 10.8 Å². The standard InChI is InChI=1S/C49H50N7O10PS2.C21H25N4O5PS.CH4/c1-33(57)46(52-49(60)37-13-17-38(18-14-37)53-54-39-21-23-41(24-22-39)56(3)4)32-68-30-29-67(61,65-31-35-11-25-42(26-12-35)66-34(2)58)55-40-19-15-36(16-20-40)48(59)51-28-27-50-45-9-5-8-44-43(45)7-6-10-47(44)69(62,63)64;1-15(26)20(14-32-13-12-31(28,29)30)22-21(27)16-4-6-17(7-5-16)23-24-18-8-10-19(11-9-18)25(2)3;/h5-26,29-30,46,50H,27-28,31-32H2,1-4H3,(H,51,59)(H,52,60)(H,55,61)(H,62,63,64);4-13,20H,14H2,1-3H3,(H,22,27)(H2,28,29,30);1H4/t46-,67?;20-;/m00./s1. The van der Waals surface area contributed by atoms with Crippen LogP contribution >= 0.6 is 38.6 Å². The summed E-state index contributed by atoms with van der Waals surface area (Å²) in [6, 6.07) is 48.7. The van der Waals surface area contributed by atoms with Gasteiger partial charge in [0, 0.05) is 122 Å². The average molecular weight is 1480 g/mol. The molecular weight excluding hydrogens is 1400 g/mol. The summed E-state index contributed by atoms with van der Waals surface area (Å²) in [6.07, 6.45) is 0. The van der Waals surface area contributed by atoms with E-state index < -0.39 is 55.1 Å². The molecule has 0 saturated carbocycles. The molecule has 1 unspecified atom stereocenters. The van der Waals surface area contributed by atoms with Crippen molar-refractivity contribution in [3.63, 3.8) is 0 Å². The van der Waals surface area contributed by atoms with E-state index in [0.29, 0.717) is 79.4 Å². The molecule has 0 aromatic heterocycles. The number of rotatable bonds is 32. The highest BCUT2D eigenvalue weighted by Crippen LogP contribution is 2.50. The number of benzene rings is 8. The normalized spacial score (nSPS) is 12.7. The van der Waals surface area contributed by atoms with Crippen molar-refractivity contribution < 1.29 is 69.9 Å². The van der Waals surface area contributed by atoms with Crippen LogP contribution in [0.3, 0.4) is 0 Å². The molecule has 26 nitrogen and oxygen atoms in total. The van der Waals surface area contributed by atoms with Crippen molar-refractivity contribution in [3.8, 4) is 5.75 Å². The molecule has 0 aliphatic carbocycles. The molecule has 0 fully saturated rings. The van der Waals surface area contributed by atoms with Gasteiger partial charge in [0.05, 0.1) is 41.4 Å². The number of amides is 3. The molecule has 0 radical (unpaired) electrons. The van der Waals surface area contributed by atoms with Gasteiger partial charge in [-0.3, -0.25) is 42.5 Å². The lowest BCUT2D eigenvalue weighted by atomic mass is 10.1.